The van der Waals surface area contributed by atoms with E-state index in [0.29, 0.717) is 5.69 Å². The van der Waals surface area contributed by atoms with E-state index in [1.54, 1.807) is 12.1 Å². The van der Waals surface area contributed by atoms with Crippen LogP contribution >= 0.6 is 0 Å². The number of carbonyl (C=O) groups excluding carboxylic acids is 2. The van der Waals surface area contributed by atoms with Gasteiger partial charge < -0.3 is 20.6 Å². The Morgan fingerprint density at radius 2 is 1.91 bits per heavy atom. The third kappa shape index (κ3) is 4.88. The lowest BCUT2D eigenvalue weighted by Crippen LogP contribution is -2.59. The van der Waals surface area contributed by atoms with Crippen molar-refractivity contribution in [2.24, 2.45) is 29.1 Å². The number of amides is 3. The van der Waals surface area contributed by atoms with Crippen LogP contribution in [-0.4, -0.2) is 47.2 Å². The van der Waals surface area contributed by atoms with Crippen molar-refractivity contribution in [3.63, 3.8) is 0 Å². The van der Waals surface area contributed by atoms with Crippen LogP contribution in [0.2, 0.25) is 0 Å². The van der Waals surface area contributed by atoms with Crippen LogP contribution in [0.1, 0.15) is 59.3 Å². The van der Waals surface area contributed by atoms with E-state index in [0.717, 1.165) is 51.6 Å². The number of halogens is 1. The molecule has 33 heavy (non-hydrogen) atoms. The van der Waals surface area contributed by atoms with Gasteiger partial charge in [0.15, 0.2) is 0 Å². The minimum atomic E-state index is -0.573. The van der Waals surface area contributed by atoms with Crippen molar-refractivity contribution in [3.05, 3.63) is 30.1 Å². The van der Waals surface area contributed by atoms with E-state index in [2.05, 4.69) is 24.5 Å². The molecule has 1 saturated heterocycles. The Bertz CT molecular complexity index is 874. The maximum absolute atomic E-state index is 13.4. The molecule has 0 aromatic heterocycles. The van der Waals surface area contributed by atoms with Gasteiger partial charge in [0.2, 0.25) is 5.91 Å². The van der Waals surface area contributed by atoms with Gasteiger partial charge in [-0.3, -0.25) is 4.79 Å². The molecule has 7 heteroatoms. The van der Waals surface area contributed by atoms with E-state index in [1.165, 1.54) is 12.1 Å². The summed E-state index contributed by atoms with van der Waals surface area (Å²) >= 11 is 0. The van der Waals surface area contributed by atoms with E-state index in [-0.39, 0.29) is 47.1 Å². The normalized spacial score (nSPS) is 34.9. The number of urea groups is 1. The average Bonchev–Trinajstić information content (AvgIpc) is 3.30. The summed E-state index contributed by atoms with van der Waals surface area (Å²) in [6.45, 7) is 8.00. The number of hydrogen-bond acceptors (Lipinski definition) is 3. The zero-order valence-corrected chi connectivity index (χ0v) is 20.0. The number of aliphatic hydroxyl groups is 1. The summed E-state index contributed by atoms with van der Waals surface area (Å²) in [6.07, 6.45) is 5.16. The van der Waals surface area contributed by atoms with Crippen LogP contribution < -0.4 is 10.6 Å². The van der Waals surface area contributed by atoms with E-state index < -0.39 is 11.9 Å². The molecule has 0 radical (unpaired) electrons. The summed E-state index contributed by atoms with van der Waals surface area (Å²) in [6, 6.07) is 5.38. The molecule has 4 rings (SSSR count). The lowest BCUT2D eigenvalue weighted by Gasteiger charge is -2.56. The lowest BCUT2D eigenvalue weighted by atomic mass is 9.51. The number of nitrogens with zero attached hydrogens (tertiary/aromatic N) is 1. The predicted octanol–water partition coefficient (Wildman–Crippen LogP) is 4.40. The molecule has 3 fully saturated rings. The van der Waals surface area contributed by atoms with Crippen LogP contribution in [-0.2, 0) is 4.79 Å². The Kier molecular flexibility index (Phi) is 6.99. The van der Waals surface area contributed by atoms with E-state index in [4.69, 9.17) is 0 Å². The number of hydrogen-bond donors (Lipinski definition) is 3. The quantitative estimate of drug-likeness (QED) is 0.624. The van der Waals surface area contributed by atoms with Gasteiger partial charge >= 0.3 is 6.03 Å². The monoisotopic (exact) mass is 459 g/mol. The second-order valence-electron chi connectivity index (χ2n) is 10.8. The fraction of sp³-hybridized carbons (Fsp3) is 0.692. The number of anilines is 1. The van der Waals surface area contributed by atoms with E-state index in [1.807, 2.05) is 11.8 Å². The Balaban J connectivity index is 1.43. The smallest absolute Gasteiger partial charge is 0.319 e. The number of carbonyl (C=O) groups is 2. The third-order valence-corrected chi connectivity index (χ3v) is 8.74. The Morgan fingerprint density at radius 1 is 1.21 bits per heavy atom. The maximum Gasteiger partial charge on any atom is 0.319 e. The van der Waals surface area contributed by atoms with Crippen molar-refractivity contribution in [3.8, 4) is 0 Å². The summed E-state index contributed by atoms with van der Waals surface area (Å²) in [5.41, 5.74) is 0.413. The molecule has 182 valence electrons. The van der Waals surface area contributed by atoms with E-state index in [9.17, 15) is 19.1 Å². The zero-order chi connectivity index (χ0) is 23.8. The first-order chi connectivity index (χ1) is 15.7. The fourth-order valence-corrected chi connectivity index (χ4v) is 6.81. The summed E-state index contributed by atoms with van der Waals surface area (Å²) < 4.78 is 13.4. The van der Waals surface area contributed by atoms with Crippen molar-refractivity contribution in [2.45, 2.75) is 71.4 Å². The van der Waals surface area contributed by atoms with Crippen LogP contribution in [0.25, 0.3) is 0 Å². The highest BCUT2D eigenvalue weighted by Gasteiger charge is 2.54. The fourth-order valence-electron chi connectivity index (χ4n) is 6.81. The van der Waals surface area contributed by atoms with Crippen molar-refractivity contribution in [1.29, 1.82) is 0 Å². The first kappa shape index (κ1) is 24.0. The summed E-state index contributed by atoms with van der Waals surface area (Å²) in [4.78, 5) is 27.6. The van der Waals surface area contributed by atoms with Crippen LogP contribution in [0.5, 0.6) is 0 Å². The van der Waals surface area contributed by atoms with Gasteiger partial charge in [0.05, 0.1) is 6.10 Å². The van der Waals surface area contributed by atoms with Crippen LogP contribution in [0.15, 0.2) is 24.3 Å². The highest BCUT2D eigenvalue weighted by molar-refractivity contribution is 5.89. The summed E-state index contributed by atoms with van der Waals surface area (Å²) in [5, 5.41) is 17.3. The number of nitrogens with one attached hydrogen (secondary N) is 2. The molecule has 2 aliphatic carbocycles. The molecule has 0 bridgehead atoms. The Labute approximate surface area is 196 Å². The van der Waals surface area contributed by atoms with Crippen LogP contribution in [0.3, 0.4) is 0 Å². The average molecular weight is 460 g/mol. The highest BCUT2D eigenvalue weighted by Crippen LogP contribution is 2.55. The molecule has 2 saturated carbocycles. The SMILES string of the molecule is C[C@@H]1[C@@H]2[C@@H](O)[C@@H]([C@H](C)C(=O)N3CCCC3)CC[C@]2(C)CC[C@@H]1NC(=O)Nc1cccc(F)c1. The molecule has 1 aromatic rings. The van der Waals surface area contributed by atoms with Crippen LogP contribution in [0.4, 0.5) is 14.9 Å². The van der Waals surface area contributed by atoms with Gasteiger partial charge in [0.1, 0.15) is 5.82 Å². The van der Waals surface area contributed by atoms with Crippen molar-refractivity contribution < 1.29 is 19.1 Å². The molecule has 1 aromatic carbocycles. The van der Waals surface area contributed by atoms with Crippen molar-refractivity contribution in [1.82, 2.24) is 10.2 Å². The maximum atomic E-state index is 13.4. The molecule has 3 N–H and O–H groups in total. The number of rotatable bonds is 4. The van der Waals surface area contributed by atoms with Gasteiger partial charge in [-0.1, -0.05) is 26.8 Å². The second kappa shape index (κ2) is 9.61. The zero-order valence-electron chi connectivity index (χ0n) is 20.0. The molecular weight excluding hydrogens is 421 g/mol. The predicted molar refractivity (Wildman–Crippen MR) is 126 cm³/mol. The molecule has 1 aliphatic heterocycles. The largest absolute Gasteiger partial charge is 0.392 e. The minimum Gasteiger partial charge on any atom is -0.392 e. The summed E-state index contributed by atoms with van der Waals surface area (Å²) in [5.74, 6) is -0.401. The Hall–Kier alpha value is -2.15. The molecule has 6 nitrogen and oxygen atoms in total. The highest BCUT2D eigenvalue weighted by atomic mass is 19.1. The number of aliphatic hydroxyl groups excluding tert-OH is 1. The first-order valence-electron chi connectivity index (χ1n) is 12.5. The van der Waals surface area contributed by atoms with Gasteiger partial charge in [-0.25, -0.2) is 9.18 Å². The summed E-state index contributed by atoms with van der Waals surface area (Å²) in [7, 11) is 0. The van der Waals surface area contributed by atoms with Gasteiger partial charge in [0.25, 0.3) is 0 Å². The number of benzene rings is 1. The lowest BCUT2D eigenvalue weighted by molar-refractivity contribution is -0.149. The Morgan fingerprint density at radius 3 is 2.61 bits per heavy atom. The second-order valence-corrected chi connectivity index (χ2v) is 10.8. The van der Waals surface area contributed by atoms with Crippen LogP contribution in [0, 0.1) is 34.9 Å². The van der Waals surface area contributed by atoms with Gasteiger partial charge in [-0.2, -0.15) is 0 Å². The van der Waals surface area contributed by atoms with Gasteiger partial charge in [-0.05, 0) is 79.9 Å². The molecule has 3 amide bonds. The van der Waals surface area contributed by atoms with Gasteiger partial charge in [-0.15, -0.1) is 0 Å². The molecule has 3 aliphatic rings. The molecular formula is C26H38FN3O3. The molecule has 0 unspecified atom stereocenters. The number of fused-ring (bicyclic) bond motifs is 1. The molecule has 7 atom stereocenters. The first-order valence-corrected chi connectivity index (χ1v) is 12.5. The minimum absolute atomic E-state index is 0.00294. The number of likely N-dealkylation sites (tertiary alicyclic amines) is 1. The standard InChI is InChI=1S/C26H38FN3O3/c1-16(24(32)30-13-4-5-14-30)20-9-11-26(3)12-10-21(17(2)22(26)23(20)31)29-25(33)28-19-8-6-7-18(27)15-19/h6-8,15-17,20-23,31H,4-5,9-14H2,1-3H3,(H2,28,29,33)/t16-,17-,20+,21-,22+,23-,26+/m0/s1. The van der Waals surface area contributed by atoms with E-state index >= 15 is 0 Å². The van der Waals surface area contributed by atoms with Crippen molar-refractivity contribution >= 4 is 17.6 Å². The van der Waals surface area contributed by atoms with Crippen molar-refractivity contribution in [2.75, 3.05) is 18.4 Å². The third-order valence-electron chi connectivity index (χ3n) is 8.74. The molecule has 1 heterocycles. The molecule has 0 spiro atoms. The van der Waals surface area contributed by atoms with Gasteiger partial charge in [0, 0.05) is 30.7 Å². The topological polar surface area (TPSA) is 81.7 Å².